The molecule has 0 saturated heterocycles. The first-order valence-electron chi connectivity index (χ1n) is 23.3. The van der Waals surface area contributed by atoms with Crippen molar-refractivity contribution in [2.75, 3.05) is 13.2 Å². The molecule has 322 valence electrons. The van der Waals surface area contributed by atoms with E-state index in [-0.39, 0.29) is 31.1 Å². The molecule has 6 heteroatoms. The lowest BCUT2D eigenvalue weighted by Gasteiger charge is -2.18. The van der Waals surface area contributed by atoms with Crippen molar-refractivity contribution in [1.82, 2.24) is 0 Å². The first kappa shape index (κ1) is 53.1. The second-order valence-electron chi connectivity index (χ2n) is 15.3. The van der Waals surface area contributed by atoms with Crippen LogP contribution in [0.15, 0.2) is 60.8 Å². The van der Waals surface area contributed by atoms with Gasteiger partial charge in [0.25, 0.3) is 0 Å². The molecule has 0 amide bonds. The molecule has 0 aromatic rings. The zero-order valence-electron chi connectivity index (χ0n) is 36.6. The van der Waals surface area contributed by atoms with Crippen LogP contribution in [0.1, 0.15) is 220 Å². The van der Waals surface area contributed by atoms with Crippen molar-refractivity contribution in [3.8, 4) is 0 Å². The Labute approximate surface area is 345 Å². The van der Waals surface area contributed by atoms with Crippen LogP contribution in [0.2, 0.25) is 0 Å². The fourth-order valence-corrected chi connectivity index (χ4v) is 6.26. The third-order valence-electron chi connectivity index (χ3n) is 9.74. The van der Waals surface area contributed by atoms with E-state index in [4.69, 9.17) is 14.2 Å². The van der Waals surface area contributed by atoms with Crippen molar-refractivity contribution < 1.29 is 28.6 Å². The van der Waals surface area contributed by atoms with Gasteiger partial charge in [-0.05, 0) is 77.0 Å². The Morgan fingerprint density at radius 2 is 0.732 bits per heavy atom. The Balaban J connectivity index is 4.22. The smallest absolute Gasteiger partial charge is 0.306 e. The number of hydrogen-bond acceptors (Lipinski definition) is 6. The minimum absolute atomic E-state index is 0.0800. The van der Waals surface area contributed by atoms with Crippen LogP contribution in [0.3, 0.4) is 0 Å². The lowest BCUT2D eigenvalue weighted by Crippen LogP contribution is -2.30. The fourth-order valence-electron chi connectivity index (χ4n) is 6.26. The number of unbranched alkanes of at least 4 members (excludes halogenated alkanes) is 20. The van der Waals surface area contributed by atoms with E-state index in [1.165, 1.54) is 70.6 Å². The lowest BCUT2D eigenvalue weighted by atomic mass is 10.1. The molecule has 0 fully saturated rings. The minimum Gasteiger partial charge on any atom is -0.462 e. The molecule has 0 spiro atoms. The van der Waals surface area contributed by atoms with Crippen LogP contribution in [0, 0.1) is 0 Å². The summed E-state index contributed by atoms with van der Waals surface area (Å²) in [6.45, 7) is 6.39. The summed E-state index contributed by atoms with van der Waals surface area (Å²) in [5, 5.41) is 0. The summed E-state index contributed by atoms with van der Waals surface area (Å²) in [6, 6.07) is 0. The quantitative estimate of drug-likeness (QED) is 0.0266. The summed E-state index contributed by atoms with van der Waals surface area (Å²) in [6.07, 6.45) is 53.6. The van der Waals surface area contributed by atoms with E-state index in [1.807, 2.05) is 0 Å². The highest BCUT2D eigenvalue weighted by molar-refractivity contribution is 5.71. The van der Waals surface area contributed by atoms with Crippen LogP contribution in [0.4, 0.5) is 0 Å². The Kier molecular flexibility index (Phi) is 42.5. The predicted octanol–water partition coefficient (Wildman–Crippen LogP) is 14.9. The SMILES string of the molecule is CC/C=C\C/C=C\C/C=C\C/C=C\CCCCCCCCCCC(=O)OCC(COC(=O)CCCCCCCCC)OC(=O)CCCCCCC/C=C\CCC. The molecule has 0 aliphatic carbocycles. The summed E-state index contributed by atoms with van der Waals surface area (Å²) >= 11 is 0. The molecule has 0 heterocycles. The number of carbonyl (C=O) groups excluding carboxylic acids is 3. The summed E-state index contributed by atoms with van der Waals surface area (Å²) < 4.78 is 16.6. The Morgan fingerprint density at radius 1 is 0.375 bits per heavy atom. The number of esters is 3. The molecule has 0 saturated carbocycles. The van der Waals surface area contributed by atoms with E-state index in [9.17, 15) is 14.4 Å². The Bertz CT molecular complexity index is 1040. The van der Waals surface area contributed by atoms with Gasteiger partial charge in [0, 0.05) is 19.3 Å². The first-order chi connectivity index (χ1) is 27.5. The average molecular weight is 783 g/mol. The van der Waals surface area contributed by atoms with Gasteiger partial charge in [0.15, 0.2) is 6.10 Å². The van der Waals surface area contributed by atoms with E-state index in [0.717, 1.165) is 109 Å². The van der Waals surface area contributed by atoms with Gasteiger partial charge >= 0.3 is 17.9 Å². The maximum Gasteiger partial charge on any atom is 0.306 e. The van der Waals surface area contributed by atoms with Gasteiger partial charge in [-0.2, -0.15) is 0 Å². The highest BCUT2D eigenvalue weighted by Gasteiger charge is 2.19. The third-order valence-corrected chi connectivity index (χ3v) is 9.74. The molecule has 56 heavy (non-hydrogen) atoms. The maximum absolute atomic E-state index is 12.7. The third kappa shape index (κ3) is 42.3. The van der Waals surface area contributed by atoms with E-state index >= 15 is 0 Å². The number of hydrogen-bond donors (Lipinski definition) is 0. The van der Waals surface area contributed by atoms with Crippen molar-refractivity contribution in [2.24, 2.45) is 0 Å². The van der Waals surface area contributed by atoms with Crippen molar-refractivity contribution >= 4 is 17.9 Å². The topological polar surface area (TPSA) is 78.9 Å². The van der Waals surface area contributed by atoms with E-state index in [0.29, 0.717) is 19.3 Å². The molecule has 0 aliphatic rings. The van der Waals surface area contributed by atoms with Crippen molar-refractivity contribution in [1.29, 1.82) is 0 Å². The number of carbonyl (C=O) groups is 3. The second kappa shape index (κ2) is 44.8. The lowest BCUT2D eigenvalue weighted by molar-refractivity contribution is -0.167. The molecule has 0 N–H and O–H groups in total. The second-order valence-corrected chi connectivity index (χ2v) is 15.3. The molecule has 0 bridgehead atoms. The number of rotatable bonds is 41. The molecule has 1 atom stereocenters. The summed E-state index contributed by atoms with van der Waals surface area (Å²) in [5.41, 5.74) is 0. The predicted molar refractivity (Wildman–Crippen MR) is 238 cm³/mol. The highest BCUT2D eigenvalue weighted by atomic mass is 16.6. The highest BCUT2D eigenvalue weighted by Crippen LogP contribution is 2.14. The summed E-state index contributed by atoms with van der Waals surface area (Å²) in [4.78, 5) is 37.6. The van der Waals surface area contributed by atoms with E-state index < -0.39 is 6.10 Å². The summed E-state index contributed by atoms with van der Waals surface area (Å²) in [7, 11) is 0. The number of allylic oxidation sites excluding steroid dienone is 10. The van der Waals surface area contributed by atoms with Crippen LogP contribution >= 0.6 is 0 Å². The molecule has 0 aromatic carbocycles. The molecular formula is C50H86O6. The van der Waals surface area contributed by atoms with Gasteiger partial charge < -0.3 is 14.2 Å². The first-order valence-corrected chi connectivity index (χ1v) is 23.3. The maximum atomic E-state index is 12.7. The Hall–Kier alpha value is -2.89. The molecule has 0 radical (unpaired) electrons. The van der Waals surface area contributed by atoms with Gasteiger partial charge in [0.05, 0.1) is 0 Å². The Morgan fingerprint density at radius 3 is 1.18 bits per heavy atom. The van der Waals surface area contributed by atoms with Crippen molar-refractivity contribution in [3.63, 3.8) is 0 Å². The van der Waals surface area contributed by atoms with Crippen LogP contribution in [0.25, 0.3) is 0 Å². The average Bonchev–Trinajstić information content (AvgIpc) is 3.19. The van der Waals surface area contributed by atoms with Gasteiger partial charge in [0.2, 0.25) is 0 Å². The van der Waals surface area contributed by atoms with Gasteiger partial charge in [-0.15, -0.1) is 0 Å². The standard InChI is InChI=1S/C50H86O6/c1-4-7-10-13-16-18-20-21-22-23-24-25-26-27-28-29-30-32-34-37-40-43-49(52)55-46-47(45-54-48(51)42-39-36-33-15-12-9-6-3)56-50(53)44-41-38-35-31-19-17-14-11-8-5-2/h7,10-11,14,16,18,21-22,24-25,47H,4-6,8-9,12-13,15,17,19-20,23,26-46H2,1-3H3/b10-7-,14-11-,18-16-,22-21-,25-24-. The molecule has 6 nitrogen and oxygen atoms in total. The van der Waals surface area contributed by atoms with Gasteiger partial charge in [-0.1, -0.05) is 184 Å². The van der Waals surface area contributed by atoms with Crippen molar-refractivity contribution in [2.45, 2.75) is 226 Å². The van der Waals surface area contributed by atoms with Crippen LogP contribution in [-0.4, -0.2) is 37.2 Å². The van der Waals surface area contributed by atoms with E-state index in [2.05, 4.69) is 81.5 Å². The summed E-state index contributed by atoms with van der Waals surface area (Å²) in [5.74, 6) is -0.909. The van der Waals surface area contributed by atoms with Crippen LogP contribution in [0.5, 0.6) is 0 Å². The molecular weight excluding hydrogens is 697 g/mol. The van der Waals surface area contributed by atoms with Crippen molar-refractivity contribution in [3.05, 3.63) is 60.8 Å². The monoisotopic (exact) mass is 783 g/mol. The zero-order valence-corrected chi connectivity index (χ0v) is 36.6. The largest absolute Gasteiger partial charge is 0.462 e. The van der Waals surface area contributed by atoms with Gasteiger partial charge in [0.1, 0.15) is 13.2 Å². The number of ether oxygens (including phenoxy) is 3. The van der Waals surface area contributed by atoms with Gasteiger partial charge in [-0.25, -0.2) is 0 Å². The zero-order chi connectivity index (χ0) is 40.8. The molecule has 0 aliphatic heterocycles. The molecule has 1 unspecified atom stereocenters. The minimum atomic E-state index is -0.776. The normalized spacial score (nSPS) is 12.6. The van der Waals surface area contributed by atoms with Crippen LogP contribution < -0.4 is 0 Å². The van der Waals surface area contributed by atoms with Gasteiger partial charge in [-0.3, -0.25) is 14.4 Å². The fraction of sp³-hybridized carbons (Fsp3) is 0.740. The van der Waals surface area contributed by atoms with Crippen LogP contribution in [-0.2, 0) is 28.6 Å². The molecule has 0 aromatic heterocycles. The molecule has 0 rings (SSSR count). The van der Waals surface area contributed by atoms with E-state index in [1.54, 1.807) is 0 Å².